The van der Waals surface area contributed by atoms with Gasteiger partial charge in [0.2, 0.25) is 5.91 Å². The van der Waals surface area contributed by atoms with Crippen molar-refractivity contribution in [1.82, 2.24) is 5.32 Å². The average Bonchev–Trinajstić information content (AvgIpc) is 2.43. The summed E-state index contributed by atoms with van der Waals surface area (Å²) in [5.74, 6) is 0.193. The lowest BCUT2D eigenvalue weighted by atomic mass is 10.00. The van der Waals surface area contributed by atoms with Crippen LogP contribution in [0.15, 0.2) is 24.3 Å². The normalized spacial score (nSPS) is 14.5. The minimum Gasteiger partial charge on any atom is -0.348 e. The largest absolute Gasteiger partial charge is 0.348 e. The van der Waals surface area contributed by atoms with Crippen molar-refractivity contribution in [3.05, 3.63) is 35.4 Å². The first-order valence-corrected chi connectivity index (χ1v) is 9.97. The number of nitrogens with two attached hydrogens (primary N) is 1. The van der Waals surface area contributed by atoms with Gasteiger partial charge in [-0.3, -0.25) is 4.79 Å². The van der Waals surface area contributed by atoms with Crippen LogP contribution in [0.3, 0.4) is 0 Å². The summed E-state index contributed by atoms with van der Waals surface area (Å²) in [6.07, 6.45) is 2.29. The van der Waals surface area contributed by atoms with Gasteiger partial charge in [-0.2, -0.15) is 0 Å². The second-order valence-corrected chi connectivity index (χ2v) is 8.85. The average molecular weight is 340 g/mol. The van der Waals surface area contributed by atoms with Gasteiger partial charge >= 0.3 is 0 Å². The second-order valence-electron chi connectivity index (χ2n) is 6.59. The molecule has 0 aliphatic carbocycles. The minimum atomic E-state index is -3.11. The monoisotopic (exact) mass is 340 g/mol. The minimum absolute atomic E-state index is 0.0835. The highest BCUT2D eigenvalue weighted by molar-refractivity contribution is 7.90. The quantitative estimate of drug-likeness (QED) is 0.755. The fourth-order valence-electron chi connectivity index (χ4n) is 2.29. The molecule has 130 valence electrons. The Morgan fingerprint density at radius 2 is 1.74 bits per heavy atom. The zero-order valence-corrected chi connectivity index (χ0v) is 15.2. The molecule has 0 heterocycles. The van der Waals surface area contributed by atoms with Crippen LogP contribution in [0.25, 0.3) is 0 Å². The molecule has 2 atom stereocenters. The Bertz CT molecular complexity index is 609. The third-order valence-corrected chi connectivity index (χ3v) is 4.60. The lowest BCUT2D eigenvalue weighted by molar-refractivity contribution is -0.123. The summed E-state index contributed by atoms with van der Waals surface area (Å²) in [7, 11) is -3.11. The highest BCUT2D eigenvalue weighted by Crippen LogP contribution is 2.15. The Balaban J connectivity index is 2.57. The molecule has 1 rings (SSSR count). The number of amides is 1. The standard InChI is InChI=1S/C17H28N2O3S/c1-12(2)11-14-5-7-15(8-6-14)13(3)19-17(20)16(18)9-10-23(4,21)22/h5-8,12-13,16H,9-11,18H2,1-4H3,(H,19,20). The first-order valence-electron chi connectivity index (χ1n) is 7.91. The van der Waals surface area contributed by atoms with Crippen LogP contribution >= 0.6 is 0 Å². The maximum absolute atomic E-state index is 12.0. The molecule has 5 nitrogen and oxygen atoms in total. The molecule has 0 radical (unpaired) electrons. The number of sulfone groups is 1. The molecule has 0 fully saturated rings. The molecule has 2 unspecified atom stereocenters. The van der Waals surface area contributed by atoms with E-state index in [-0.39, 0.29) is 24.1 Å². The van der Waals surface area contributed by atoms with E-state index in [1.54, 1.807) is 0 Å². The molecule has 0 aliphatic rings. The summed E-state index contributed by atoms with van der Waals surface area (Å²) in [6, 6.07) is 7.17. The van der Waals surface area contributed by atoms with E-state index in [0.29, 0.717) is 5.92 Å². The molecule has 0 saturated heterocycles. The van der Waals surface area contributed by atoms with Crippen molar-refractivity contribution < 1.29 is 13.2 Å². The maximum Gasteiger partial charge on any atom is 0.237 e. The molecule has 0 saturated carbocycles. The van der Waals surface area contributed by atoms with Crippen LogP contribution in [0.4, 0.5) is 0 Å². The Kier molecular flexibility index (Phi) is 7.22. The van der Waals surface area contributed by atoms with E-state index in [1.807, 2.05) is 19.1 Å². The van der Waals surface area contributed by atoms with Crippen molar-refractivity contribution in [2.75, 3.05) is 12.0 Å². The van der Waals surface area contributed by atoms with Gasteiger partial charge in [-0.25, -0.2) is 8.42 Å². The van der Waals surface area contributed by atoms with Crippen molar-refractivity contribution in [3.63, 3.8) is 0 Å². The van der Waals surface area contributed by atoms with Gasteiger partial charge in [0, 0.05) is 6.26 Å². The predicted molar refractivity (Wildman–Crippen MR) is 93.8 cm³/mol. The van der Waals surface area contributed by atoms with Gasteiger partial charge in [-0.1, -0.05) is 38.1 Å². The molecule has 6 heteroatoms. The number of carbonyl (C=O) groups is 1. The molecule has 1 amide bonds. The molecular weight excluding hydrogens is 312 g/mol. The topological polar surface area (TPSA) is 89.3 Å². The van der Waals surface area contributed by atoms with E-state index in [2.05, 4.69) is 31.3 Å². The van der Waals surface area contributed by atoms with Crippen molar-refractivity contribution in [2.24, 2.45) is 11.7 Å². The smallest absolute Gasteiger partial charge is 0.237 e. The van der Waals surface area contributed by atoms with Gasteiger partial charge in [-0.15, -0.1) is 0 Å². The van der Waals surface area contributed by atoms with E-state index in [4.69, 9.17) is 5.73 Å². The predicted octanol–water partition coefficient (Wildman–Crippen LogP) is 1.82. The summed E-state index contributed by atoms with van der Waals surface area (Å²) < 4.78 is 22.2. The molecule has 23 heavy (non-hydrogen) atoms. The van der Waals surface area contributed by atoms with Crippen LogP contribution in [0.5, 0.6) is 0 Å². The summed E-state index contributed by atoms with van der Waals surface area (Å²) in [4.78, 5) is 12.0. The zero-order valence-electron chi connectivity index (χ0n) is 14.4. The summed E-state index contributed by atoms with van der Waals surface area (Å²) in [5.41, 5.74) is 8.02. The second kappa shape index (κ2) is 8.45. The zero-order chi connectivity index (χ0) is 17.6. The first kappa shape index (κ1) is 19.6. The van der Waals surface area contributed by atoms with E-state index >= 15 is 0 Å². The molecule has 0 aromatic heterocycles. The number of hydrogen-bond acceptors (Lipinski definition) is 4. The fourth-order valence-corrected chi connectivity index (χ4v) is 2.97. The van der Waals surface area contributed by atoms with Gasteiger partial charge in [0.25, 0.3) is 0 Å². The fraction of sp³-hybridized carbons (Fsp3) is 0.588. The van der Waals surface area contributed by atoms with Crippen LogP contribution < -0.4 is 11.1 Å². The molecule has 0 spiro atoms. The molecule has 1 aromatic carbocycles. The molecule has 1 aromatic rings. The van der Waals surface area contributed by atoms with E-state index in [1.165, 1.54) is 5.56 Å². The highest BCUT2D eigenvalue weighted by atomic mass is 32.2. The van der Waals surface area contributed by atoms with Crippen LogP contribution in [0.1, 0.15) is 44.4 Å². The number of benzene rings is 1. The molecule has 0 aliphatic heterocycles. The SMILES string of the molecule is CC(C)Cc1ccc(C(C)NC(=O)C(N)CCS(C)(=O)=O)cc1. The number of rotatable bonds is 8. The van der Waals surface area contributed by atoms with Gasteiger partial charge in [0.15, 0.2) is 0 Å². The lowest BCUT2D eigenvalue weighted by Gasteiger charge is -2.18. The van der Waals surface area contributed by atoms with Gasteiger partial charge < -0.3 is 11.1 Å². The Morgan fingerprint density at radius 1 is 1.17 bits per heavy atom. The third-order valence-electron chi connectivity index (χ3n) is 3.62. The van der Waals surface area contributed by atoms with Crippen molar-refractivity contribution in [1.29, 1.82) is 0 Å². The summed E-state index contributed by atoms with van der Waals surface area (Å²) in [5, 5.41) is 2.83. The number of hydrogen-bond donors (Lipinski definition) is 2. The van der Waals surface area contributed by atoms with Gasteiger partial charge in [0.1, 0.15) is 9.84 Å². The third kappa shape index (κ3) is 7.61. The van der Waals surface area contributed by atoms with Crippen molar-refractivity contribution >= 4 is 15.7 Å². The van der Waals surface area contributed by atoms with E-state index in [0.717, 1.165) is 18.2 Å². The van der Waals surface area contributed by atoms with Gasteiger partial charge in [0.05, 0.1) is 17.8 Å². The number of nitrogens with one attached hydrogen (secondary N) is 1. The van der Waals surface area contributed by atoms with Crippen molar-refractivity contribution in [2.45, 2.75) is 45.7 Å². The number of carbonyl (C=O) groups excluding carboxylic acids is 1. The molecular formula is C17H28N2O3S. The first-order chi connectivity index (χ1) is 10.6. The Labute approximate surface area is 139 Å². The van der Waals surface area contributed by atoms with Crippen LogP contribution in [-0.4, -0.2) is 32.4 Å². The molecule has 3 N–H and O–H groups in total. The van der Waals surface area contributed by atoms with Crippen molar-refractivity contribution in [3.8, 4) is 0 Å². The molecule has 0 bridgehead atoms. The highest BCUT2D eigenvalue weighted by Gasteiger charge is 2.18. The Morgan fingerprint density at radius 3 is 2.22 bits per heavy atom. The van der Waals surface area contributed by atoms with Crippen LogP contribution in [0, 0.1) is 5.92 Å². The van der Waals surface area contributed by atoms with E-state index in [9.17, 15) is 13.2 Å². The van der Waals surface area contributed by atoms with E-state index < -0.39 is 15.9 Å². The van der Waals surface area contributed by atoms with Crippen LogP contribution in [-0.2, 0) is 21.1 Å². The Hall–Kier alpha value is -1.40. The van der Waals surface area contributed by atoms with Gasteiger partial charge in [-0.05, 0) is 36.8 Å². The summed E-state index contributed by atoms with van der Waals surface area (Å²) >= 11 is 0. The summed E-state index contributed by atoms with van der Waals surface area (Å²) in [6.45, 7) is 6.24. The van der Waals surface area contributed by atoms with Crippen LogP contribution in [0.2, 0.25) is 0 Å². The maximum atomic E-state index is 12.0. The lowest BCUT2D eigenvalue weighted by Crippen LogP contribution is -2.42.